The Hall–Kier alpha value is -12.2. The molecule has 5 amide bonds. The van der Waals surface area contributed by atoms with Gasteiger partial charge >= 0.3 is 59.7 Å². The van der Waals surface area contributed by atoms with Crippen molar-refractivity contribution in [3.63, 3.8) is 0 Å². The zero-order valence-corrected chi connectivity index (χ0v) is 91.2. The van der Waals surface area contributed by atoms with Gasteiger partial charge in [-0.15, -0.1) is 0 Å². The summed E-state index contributed by atoms with van der Waals surface area (Å²) in [7, 11) is 8.56. The molecule has 2 aromatic carbocycles. The van der Waals surface area contributed by atoms with Crippen LogP contribution in [0.15, 0.2) is 224 Å². The Morgan fingerprint density at radius 1 is 0.413 bits per heavy atom. The molecule has 40 nitrogen and oxygen atoms in total. The van der Waals surface area contributed by atoms with E-state index < -0.39 is 202 Å². The second-order valence-electron chi connectivity index (χ2n) is 36.5. The number of methoxy groups -OCH3 is 6. The smallest absolute Gasteiger partial charge is 1.00 e. The molecule has 18 atom stereocenters. The van der Waals surface area contributed by atoms with Crippen molar-refractivity contribution in [1.29, 1.82) is 0 Å². The van der Waals surface area contributed by atoms with Gasteiger partial charge in [-0.25, -0.2) is 19.2 Å². The Kier molecular flexibility index (Phi) is 54.0. The quantitative estimate of drug-likeness (QED) is 0.0118. The second kappa shape index (κ2) is 63.2. The standard InChI is InChI=1S/C69H90N6O20.C30H43N3O9.C8H4Cl2O2.Na.H/c1-36-27-46-57(50(76)33-48(61(46)81)74-65(83)38(3)15-13-17-52(88-9)63(94-56(78)35-70)42(7)31-40(5)59(79)54(29-36)90-11)72-23-25-92-67(85)44-19-21-45(22-20-44)68(86)93-26-24-73-58-47-28-37(2)30-55(91-12)60(80)41(6)32-43(8)64(95-69(71)87)53(89-10)18-14-16-39(4)66(84)75-49(62(47)82)34-51(58)77;1-16-12-20-25(32-10-11-34)22(35)15-21(27(20)37)33-29(38)17(2)8-7-9-23(40-5)28(42-30(31)39)19(4)14-18(3)26(36)24(13-16)41-6;9-7(11)5-1-2-6(4-3-5)8(10)12;;/h13-22,31-34,36-37,40-41,52-55,59-60,63-64,72-73,79-80H,23-30,35,70H2,1-12H3,(H2,71,87)(H,74,83)(H,75,84);7-9,14-16,18,23-24,26,28,32,34,36H,10-13H2,1-6H3,(H2,31,39)(H,33,38);1-4H;;/q;;;+1;-1/b17-13-,18-14-,38-15+,39-16+,42-31+,43-32+;9-7-,17-8+,19-14+;;;. The van der Waals surface area contributed by atoms with Crippen LogP contribution in [0.4, 0.5) is 9.59 Å². The molecule has 18 unspecified atom stereocenters. The molecule has 2 aromatic rings. The molecular formula is C107H138Cl2N9NaO31. The SMILES string of the molecule is COC1/C=C\C=C(/C)C(=O)NC2=CC(=O)C(NCCO)=C(CC(C)CC(OC)C(O)C(C)/C=C(\C)C1OC(N)=O)C2=O.COC1/C=C\C=C(/C)C(=O)NC2=CC(=O)C(NCCOC(=O)c3ccc(C(=O)OCCNC4=C5CC(C)CC(OC)C(O)C(C)/C=C(\C)C(OC(=O)CN)C(OC)/C=C\C=C(/C)C(=O)NC(=CC4=O)C5=O)cc3)=C(CC(C)CC(OC)C(O)C(C)/C=C(\C)C1OC(N)=O)C2=O.O=C(Cl)c1ccc(C(=O)Cl)cc1.[H-].[Na+]. The summed E-state index contributed by atoms with van der Waals surface area (Å²) in [5, 5.41) is 58.9. The number of hydrogen-bond acceptors (Lipinski definition) is 35. The van der Waals surface area contributed by atoms with Crippen LogP contribution in [0.2, 0.25) is 0 Å². The predicted octanol–water partition coefficient (Wildman–Crippen LogP) is 5.04. The number of halogens is 2. The summed E-state index contributed by atoms with van der Waals surface area (Å²) in [4.78, 5) is 206. The van der Waals surface area contributed by atoms with Crippen molar-refractivity contribution in [2.24, 2.45) is 52.7 Å². The van der Waals surface area contributed by atoms with Crippen LogP contribution in [-0.2, 0) is 100 Å². The van der Waals surface area contributed by atoms with Gasteiger partial charge in [0, 0.05) is 143 Å². The third-order valence-electron chi connectivity index (χ3n) is 24.9. The summed E-state index contributed by atoms with van der Waals surface area (Å²) >= 11 is 10.4. The number of aliphatic hydroxyl groups is 4. The monoisotopic (exact) mass is 2140 g/mol. The van der Waals surface area contributed by atoms with Crippen LogP contribution in [0.5, 0.6) is 0 Å². The fraction of sp³-hybridized carbons (Fsp3) is 0.458. The van der Waals surface area contributed by atoms with Gasteiger partial charge in [0.2, 0.25) is 34.7 Å². The maximum atomic E-state index is 14.2. The number of amides is 5. The fourth-order valence-electron chi connectivity index (χ4n) is 16.9. The van der Waals surface area contributed by atoms with Crippen molar-refractivity contribution in [1.82, 2.24) is 31.9 Å². The first-order chi connectivity index (χ1) is 70.5. The molecule has 43 heteroatoms. The first-order valence-electron chi connectivity index (χ1n) is 48.0. The number of hydrogen-bond donors (Lipinski definition) is 13. The Morgan fingerprint density at radius 2 is 0.680 bits per heavy atom. The minimum atomic E-state index is -1.10. The van der Waals surface area contributed by atoms with Crippen LogP contribution in [-0.4, -0.2) is 275 Å². The minimum absolute atomic E-state index is 0. The number of allylic oxidation sites excluding steroid dienone is 12. The van der Waals surface area contributed by atoms with E-state index in [-0.39, 0.29) is 187 Å². The minimum Gasteiger partial charge on any atom is -1.00 e. The maximum Gasteiger partial charge on any atom is 1.00 e. The van der Waals surface area contributed by atoms with Gasteiger partial charge < -0.3 is 123 Å². The molecule has 3 aliphatic carbocycles. The summed E-state index contributed by atoms with van der Waals surface area (Å²) in [5.74, 6) is -10.5. The van der Waals surface area contributed by atoms with Gasteiger partial charge in [-0.05, 0) is 186 Å². The Balaban J connectivity index is 0.000000693. The topological polar surface area (TPSA) is 606 Å². The molecule has 16 N–H and O–H groups in total. The van der Waals surface area contributed by atoms with Gasteiger partial charge in [0.15, 0.2) is 18.3 Å². The van der Waals surface area contributed by atoms with E-state index in [1.54, 1.807) is 85.8 Å². The summed E-state index contributed by atoms with van der Waals surface area (Å²) in [6.07, 6.45) is 9.80. The number of ketones is 6. The van der Waals surface area contributed by atoms with Crippen LogP contribution >= 0.6 is 23.2 Å². The third-order valence-corrected chi connectivity index (χ3v) is 25.4. The van der Waals surface area contributed by atoms with Gasteiger partial charge in [0.25, 0.3) is 28.2 Å². The van der Waals surface area contributed by atoms with Crippen molar-refractivity contribution < 1.29 is 180 Å². The second-order valence-corrected chi connectivity index (χ2v) is 37.2. The summed E-state index contributed by atoms with van der Waals surface area (Å²) in [5.41, 5.74) is 18.6. The van der Waals surface area contributed by atoms with E-state index >= 15 is 0 Å². The first-order valence-corrected chi connectivity index (χ1v) is 48.7. The number of aliphatic hydroxyl groups excluding tert-OH is 4. The van der Waals surface area contributed by atoms with Crippen LogP contribution in [0.1, 0.15) is 164 Å². The molecule has 0 saturated carbocycles. The van der Waals surface area contributed by atoms with Gasteiger partial charge in [-0.1, -0.05) is 114 Å². The number of benzene rings is 2. The van der Waals surface area contributed by atoms with E-state index in [1.807, 2.05) is 6.92 Å². The predicted molar refractivity (Wildman–Crippen MR) is 549 cm³/mol. The molecule has 3 heterocycles. The Labute approximate surface area is 905 Å². The molecule has 150 heavy (non-hydrogen) atoms. The van der Waals surface area contributed by atoms with E-state index in [0.29, 0.717) is 34.3 Å². The number of primary amides is 2. The number of rotatable bonds is 25. The van der Waals surface area contributed by atoms with Gasteiger partial charge in [-0.3, -0.25) is 57.5 Å². The van der Waals surface area contributed by atoms with Crippen LogP contribution in [0.3, 0.4) is 0 Å². The number of nitrogens with one attached hydrogen (secondary N) is 6. The zero-order chi connectivity index (χ0) is 111. The number of carbonyl (C=O) groups is 16. The molecule has 0 radical (unpaired) electrons. The molecule has 6 bridgehead atoms. The average Bonchev–Trinajstić information content (AvgIpc) is 0.995. The van der Waals surface area contributed by atoms with Crippen molar-refractivity contribution in [2.45, 2.75) is 195 Å². The molecular weight excluding hydrogens is 2000 g/mol. The molecule has 812 valence electrons. The number of esters is 3. The van der Waals surface area contributed by atoms with Crippen molar-refractivity contribution in [2.75, 3.05) is 88.7 Å². The average molecular weight is 2140 g/mol. The number of ether oxygens (including phenoxy) is 11. The Morgan fingerprint density at radius 3 is 0.927 bits per heavy atom. The zero-order valence-electron chi connectivity index (χ0n) is 88.7. The van der Waals surface area contributed by atoms with Gasteiger partial charge in [0.1, 0.15) is 31.5 Å². The van der Waals surface area contributed by atoms with E-state index in [1.165, 1.54) is 154 Å². The van der Waals surface area contributed by atoms with E-state index in [2.05, 4.69) is 31.9 Å². The molecule has 0 spiro atoms. The van der Waals surface area contributed by atoms with Gasteiger partial charge in [-0.2, -0.15) is 0 Å². The van der Waals surface area contributed by atoms with Crippen molar-refractivity contribution in [3.8, 4) is 0 Å². The molecule has 8 rings (SSSR count). The summed E-state index contributed by atoms with van der Waals surface area (Å²) in [6, 6.07) is 11.1. The Bertz CT molecular complexity index is 5720. The van der Waals surface area contributed by atoms with Crippen LogP contribution in [0, 0.1) is 35.5 Å². The van der Waals surface area contributed by atoms with E-state index in [0.717, 1.165) is 18.2 Å². The van der Waals surface area contributed by atoms with Crippen molar-refractivity contribution in [3.05, 3.63) is 246 Å². The van der Waals surface area contributed by atoms with E-state index in [9.17, 15) is 97.1 Å². The normalized spacial score (nSPS) is 28.3. The molecule has 3 aliphatic heterocycles. The largest absolute Gasteiger partial charge is 1.00 e. The maximum absolute atomic E-state index is 14.2. The van der Waals surface area contributed by atoms with Gasteiger partial charge in [0.05, 0.1) is 95.1 Å². The fourth-order valence-corrected chi connectivity index (χ4v) is 17.1. The van der Waals surface area contributed by atoms with Crippen LogP contribution in [0.25, 0.3) is 0 Å². The first kappa shape index (κ1) is 128. The van der Waals surface area contributed by atoms with Crippen molar-refractivity contribution >= 4 is 116 Å². The molecule has 0 fully saturated rings. The summed E-state index contributed by atoms with van der Waals surface area (Å²) in [6.45, 7) is 18.9. The molecule has 6 aliphatic rings. The summed E-state index contributed by atoms with van der Waals surface area (Å²) < 4.78 is 61.4. The molecule has 0 aromatic heterocycles. The number of Topliss-reactive ketones (excluding diaryl/α,β-unsaturated/α-hetero) is 3. The number of carbonyl (C=O) groups excluding carboxylic acids is 16. The third kappa shape index (κ3) is 38.3. The number of fused-ring (bicyclic) bond motifs is 6. The molecule has 0 saturated heterocycles. The number of nitrogens with two attached hydrogens (primary N) is 3. The van der Waals surface area contributed by atoms with E-state index in [4.69, 9.17) is 92.5 Å². The van der Waals surface area contributed by atoms with Crippen LogP contribution < -0.4 is 78.7 Å².